The maximum absolute atomic E-state index is 11.9. The van der Waals surface area contributed by atoms with Crippen molar-refractivity contribution in [2.75, 3.05) is 0 Å². The molecule has 0 unspecified atom stereocenters. The van der Waals surface area contributed by atoms with E-state index in [0.717, 1.165) is 28.4 Å². The maximum atomic E-state index is 11.9. The normalized spacial score (nSPS) is 20.1. The van der Waals surface area contributed by atoms with E-state index in [1.165, 1.54) is 11.3 Å². The zero-order valence-electron chi connectivity index (χ0n) is 8.18. The largest absolute Gasteiger partial charge is 0.293 e. The van der Waals surface area contributed by atoms with Crippen molar-refractivity contribution in [3.63, 3.8) is 0 Å². The number of carbonyl (C=O) groups is 1. The van der Waals surface area contributed by atoms with Gasteiger partial charge in [0.15, 0.2) is 5.78 Å². The highest BCUT2D eigenvalue weighted by molar-refractivity contribution is 7.13. The Labute approximate surface area is 82.0 Å². The molecule has 13 heavy (non-hydrogen) atoms. The summed E-state index contributed by atoms with van der Waals surface area (Å²) in [6, 6.07) is 0. The Morgan fingerprint density at radius 3 is 2.85 bits per heavy atom. The van der Waals surface area contributed by atoms with Crippen LogP contribution in [0.4, 0.5) is 0 Å². The van der Waals surface area contributed by atoms with Crippen molar-refractivity contribution < 1.29 is 4.79 Å². The van der Waals surface area contributed by atoms with Crippen LogP contribution in [0.1, 0.15) is 40.6 Å². The highest BCUT2D eigenvalue weighted by Crippen LogP contribution is 2.36. The summed E-state index contributed by atoms with van der Waals surface area (Å²) in [6.07, 6.45) is 1.89. The average molecular weight is 195 g/mol. The molecule has 0 amide bonds. The van der Waals surface area contributed by atoms with Gasteiger partial charge in [0, 0.05) is 5.41 Å². The Morgan fingerprint density at radius 1 is 1.46 bits per heavy atom. The molecule has 3 heteroatoms. The fourth-order valence-corrected chi connectivity index (χ4v) is 2.75. The standard InChI is InChI=1S/C10H13NOS/c1-6-11-7-4-5-10(2,3)9(12)8(7)13-6/h4-5H2,1-3H3. The van der Waals surface area contributed by atoms with Crippen LogP contribution in [0.15, 0.2) is 0 Å². The molecule has 2 rings (SSSR count). The van der Waals surface area contributed by atoms with Gasteiger partial charge >= 0.3 is 0 Å². The van der Waals surface area contributed by atoms with E-state index in [1.807, 2.05) is 20.8 Å². The molecule has 0 bridgehead atoms. The summed E-state index contributed by atoms with van der Waals surface area (Å²) in [5.41, 5.74) is 0.846. The van der Waals surface area contributed by atoms with Crippen molar-refractivity contribution in [3.8, 4) is 0 Å². The van der Waals surface area contributed by atoms with E-state index in [1.54, 1.807) is 0 Å². The van der Waals surface area contributed by atoms with E-state index in [4.69, 9.17) is 0 Å². The van der Waals surface area contributed by atoms with Gasteiger partial charge in [-0.2, -0.15) is 0 Å². The second-order valence-electron chi connectivity index (χ2n) is 4.22. The zero-order chi connectivity index (χ0) is 9.64. The van der Waals surface area contributed by atoms with Crippen molar-refractivity contribution in [1.82, 2.24) is 4.98 Å². The average Bonchev–Trinajstić information content (AvgIpc) is 2.40. The quantitative estimate of drug-likeness (QED) is 0.637. The predicted molar refractivity (Wildman–Crippen MR) is 53.3 cm³/mol. The van der Waals surface area contributed by atoms with Gasteiger partial charge < -0.3 is 0 Å². The van der Waals surface area contributed by atoms with Crippen molar-refractivity contribution in [2.45, 2.75) is 33.6 Å². The van der Waals surface area contributed by atoms with Gasteiger partial charge in [-0.1, -0.05) is 13.8 Å². The van der Waals surface area contributed by atoms with Crippen LogP contribution in [0.25, 0.3) is 0 Å². The Bertz CT molecular complexity index is 365. The number of aryl methyl sites for hydroxylation is 2. The van der Waals surface area contributed by atoms with Gasteiger partial charge in [-0.3, -0.25) is 4.79 Å². The first-order valence-electron chi connectivity index (χ1n) is 4.52. The van der Waals surface area contributed by atoms with Gasteiger partial charge in [0.1, 0.15) is 0 Å². The molecular formula is C10H13NOS. The molecule has 1 aliphatic rings. The van der Waals surface area contributed by atoms with Crippen molar-refractivity contribution >= 4 is 17.1 Å². The predicted octanol–water partition coefficient (Wildman–Crippen LogP) is 2.61. The van der Waals surface area contributed by atoms with E-state index < -0.39 is 0 Å². The van der Waals surface area contributed by atoms with E-state index in [2.05, 4.69) is 4.98 Å². The monoisotopic (exact) mass is 195 g/mol. The number of aromatic nitrogens is 1. The fourth-order valence-electron chi connectivity index (χ4n) is 1.67. The molecular weight excluding hydrogens is 182 g/mol. The highest BCUT2D eigenvalue weighted by Gasteiger charge is 2.36. The van der Waals surface area contributed by atoms with Gasteiger partial charge in [0.05, 0.1) is 15.6 Å². The summed E-state index contributed by atoms with van der Waals surface area (Å²) < 4.78 is 0. The zero-order valence-corrected chi connectivity index (χ0v) is 8.99. The van der Waals surface area contributed by atoms with Gasteiger partial charge in [0.25, 0.3) is 0 Å². The molecule has 1 aromatic heterocycles. The first-order valence-corrected chi connectivity index (χ1v) is 5.33. The number of fused-ring (bicyclic) bond motifs is 1. The van der Waals surface area contributed by atoms with Crippen molar-refractivity contribution in [2.24, 2.45) is 5.41 Å². The van der Waals surface area contributed by atoms with Gasteiger partial charge in [-0.15, -0.1) is 11.3 Å². The first-order chi connectivity index (χ1) is 6.00. The molecule has 70 valence electrons. The van der Waals surface area contributed by atoms with Crippen LogP contribution in [0.3, 0.4) is 0 Å². The number of Topliss-reactive ketones (excluding diaryl/α,β-unsaturated/α-hetero) is 1. The molecule has 0 fully saturated rings. The lowest BCUT2D eigenvalue weighted by Gasteiger charge is -2.26. The molecule has 1 aromatic rings. The molecule has 0 aliphatic heterocycles. The number of carbonyl (C=O) groups excluding carboxylic acids is 1. The molecule has 1 heterocycles. The van der Waals surface area contributed by atoms with Crippen molar-refractivity contribution in [1.29, 1.82) is 0 Å². The van der Waals surface area contributed by atoms with E-state index in [-0.39, 0.29) is 11.2 Å². The summed E-state index contributed by atoms with van der Waals surface area (Å²) in [5.74, 6) is 0.277. The van der Waals surface area contributed by atoms with Crippen LogP contribution >= 0.6 is 11.3 Å². The fraction of sp³-hybridized carbons (Fsp3) is 0.600. The lowest BCUT2D eigenvalue weighted by Crippen LogP contribution is -2.29. The number of rotatable bonds is 0. The second kappa shape index (κ2) is 2.64. The van der Waals surface area contributed by atoms with Crippen molar-refractivity contribution in [3.05, 3.63) is 15.6 Å². The van der Waals surface area contributed by atoms with Crippen LogP contribution in [0.5, 0.6) is 0 Å². The molecule has 0 atom stereocenters. The Kier molecular flexibility index (Phi) is 1.80. The third-order valence-corrected chi connectivity index (χ3v) is 3.62. The van der Waals surface area contributed by atoms with Crippen LogP contribution in [0, 0.1) is 12.3 Å². The van der Waals surface area contributed by atoms with E-state index in [9.17, 15) is 4.79 Å². The van der Waals surface area contributed by atoms with Crippen LogP contribution in [-0.4, -0.2) is 10.8 Å². The number of ketones is 1. The second-order valence-corrected chi connectivity index (χ2v) is 5.42. The Hall–Kier alpha value is -0.700. The Balaban J connectivity index is 2.51. The molecule has 1 aliphatic carbocycles. The number of hydrogen-bond acceptors (Lipinski definition) is 3. The lowest BCUT2D eigenvalue weighted by molar-refractivity contribution is 0.0815. The minimum absolute atomic E-state index is 0.175. The van der Waals surface area contributed by atoms with Crippen LogP contribution in [-0.2, 0) is 6.42 Å². The summed E-state index contributed by atoms with van der Waals surface area (Å²) in [6.45, 7) is 6.00. The van der Waals surface area contributed by atoms with Crippen LogP contribution in [0.2, 0.25) is 0 Å². The molecule has 0 aromatic carbocycles. The van der Waals surface area contributed by atoms with Gasteiger partial charge in [0.2, 0.25) is 0 Å². The van der Waals surface area contributed by atoms with Crippen LogP contribution < -0.4 is 0 Å². The minimum Gasteiger partial charge on any atom is -0.293 e. The smallest absolute Gasteiger partial charge is 0.180 e. The number of hydrogen-bond donors (Lipinski definition) is 0. The first kappa shape index (κ1) is 8.88. The summed E-state index contributed by atoms with van der Waals surface area (Å²) in [7, 11) is 0. The van der Waals surface area contributed by atoms with E-state index in [0.29, 0.717) is 0 Å². The SMILES string of the molecule is Cc1nc2c(s1)C(=O)C(C)(C)CC2. The number of thiazole rings is 1. The molecule has 0 saturated heterocycles. The summed E-state index contributed by atoms with van der Waals surface area (Å²) >= 11 is 1.54. The minimum atomic E-state index is -0.175. The van der Waals surface area contributed by atoms with Gasteiger partial charge in [-0.05, 0) is 19.8 Å². The number of nitrogens with zero attached hydrogens (tertiary/aromatic N) is 1. The Morgan fingerprint density at radius 2 is 2.15 bits per heavy atom. The van der Waals surface area contributed by atoms with Gasteiger partial charge in [-0.25, -0.2) is 4.98 Å². The highest BCUT2D eigenvalue weighted by atomic mass is 32.1. The lowest BCUT2D eigenvalue weighted by atomic mass is 9.78. The maximum Gasteiger partial charge on any atom is 0.180 e. The summed E-state index contributed by atoms with van der Waals surface area (Å²) in [4.78, 5) is 17.2. The molecule has 0 spiro atoms. The third-order valence-electron chi connectivity index (χ3n) is 2.61. The molecule has 2 nitrogen and oxygen atoms in total. The molecule has 0 N–H and O–H groups in total. The van der Waals surface area contributed by atoms with E-state index >= 15 is 0 Å². The molecule has 0 radical (unpaired) electrons. The molecule has 0 saturated carbocycles. The third kappa shape index (κ3) is 1.31. The summed E-state index contributed by atoms with van der Waals surface area (Å²) in [5, 5.41) is 1.01. The topological polar surface area (TPSA) is 30.0 Å².